The molecule has 0 heterocycles. The molecule has 0 radical (unpaired) electrons. The van der Waals surface area contributed by atoms with Crippen molar-refractivity contribution >= 4 is 23.0 Å². The number of carbonyl (C=O) groups excluding carboxylic acids is 1. The maximum absolute atomic E-state index is 10.6. The van der Waals surface area contributed by atoms with E-state index in [1.807, 2.05) is 0 Å². The Balaban J connectivity index is 3.88. The Morgan fingerprint density at radius 3 is 2.45 bits per heavy atom. The molecule has 0 bridgehead atoms. The number of rotatable bonds is 3. The van der Waals surface area contributed by atoms with E-state index in [0.29, 0.717) is 18.2 Å². The number of methoxy groups -OCH3 is 1. The van der Waals surface area contributed by atoms with Crippen LogP contribution in [0.5, 0.6) is 0 Å². The molecule has 11 heavy (non-hydrogen) atoms. The Bertz CT molecular complexity index is 157. The summed E-state index contributed by atoms with van der Waals surface area (Å²) in [5, 5.41) is 7.24. The maximum atomic E-state index is 10.6. The number of carbonyl (C=O) groups is 2. The number of ether oxygens (including phenoxy) is 1. The van der Waals surface area contributed by atoms with Crippen LogP contribution >= 0.6 is 11.8 Å². The highest BCUT2D eigenvalue weighted by Crippen LogP contribution is 2.16. The minimum atomic E-state index is -0.983. The van der Waals surface area contributed by atoms with Gasteiger partial charge in [-0.05, 0) is 18.2 Å². The minimum absolute atomic E-state index is 0.412. The van der Waals surface area contributed by atoms with Gasteiger partial charge < -0.3 is 9.84 Å². The molecule has 0 amide bonds. The second-order valence-electron chi connectivity index (χ2n) is 1.81. The van der Waals surface area contributed by atoms with Gasteiger partial charge in [0.25, 0.3) is 0 Å². The normalized spacial score (nSPS) is 12.2. The van der Waals surface area contributed by atoms with Crippen molar-refractivity contribution in [2.24, 2.45) is 0 Å². The zero-order chi connectivity index (χ0) is 8.85. The predicted molar refractivity (Wildman–Crippen MR) is 41.7 cm³/mol. The zero-order valence-corrected chi connectivity index (χ0v) is 7.18. The molecule has 0 aliphatic rings. The summed E-state index contributed by atoms with van der Waals surface area (Å²) in [5.74, 6) is -0.983. The Morgan fingerprint density at radius 2 is 2.18 bits per heavy atom. The van der Waals surface area contributed by atoms with E-state index in [1.165, 1.54) is 7.11 Å². The Morgan fingerprint density at radius 1 is 1.64 bits per heavy atom. The van der Waals surface area contributed by atoms with Crippen molar-refractivity contribution in [3.63, 3.8) is 0 Å². The lowest BCUT2D eigenvalue weighted by atomic mass is 10.3. The quantitative estimate of drug-likeness (QED) is 0.661. The summed E-state index contributed by atoms with van der Waals surface area (Å²) in [4.78, 5) is 20.9. The van der Waals surface area contributed by atoms with Gasteiger partial charge in [0.2, 0.25) is 0 Å². The van der Waals surface area contributed by atoms with Gasteiger partial charge in [-0.2, -0.15) is 0 Å². The summed E-state index contributed by atoms with van der Waals surface area (Å²) in [6, 6.07) is 0. The molecule has 0 aromatic carbocycles. The zero-order valence-electron chi connectivity index (χ0n) is 6.36. The number of carboxylic acid groups (broad SMARTS) is 1. The van der Waals surface area contributed by atoms with Gasteiger partial charge in [0.1, 0.15) is 5.25 Å². The summed E-state index contributed by atoms with van der Waals surface area (Å²) in [5.41, 5.74) is 0. The number of thioether (sulfide) groups is 1. The molecule has 64 valence electrons. The van der Waals surface area contributed by atoms with E-state index in [1.54, 1.807) is 6.92 Å². The molecule has 0 saturated carbocycles. The summed E-state index contributed by atoms with van der Waals surface area (Å²) in [6.07, 6.45) is 0.412. The average Bonchev–Trinajstić information content (AvgIpc) is 1.99. The summed E-state index contributed by atoms with van der Waals surface area (Å²) in [7, 11) is 1.23. The molecule has 1 unspecified atom stereocenters. The number of carboxylic acids is 1. The van der Waals surface area contributed by atoms with E-state index < -0.39 is 16.5 Å². The van der Waals surface area contributed by atoms with Crippen LogP contribution in [0.3, 0.4) is 0 Å². The van der Waals surface area contributed by atoms with E-state index in [2.05, 4.69) is 4.74 Å². The summed E-state index contributed by atoms with van der Waals surface area (Å²) >= 11 is 0.692. The van der Waals surface area contributed by atoms with Gasteiger partial charge in [-0.25, -0.2) is 4.79 Å². The maximum Gasteiger partial charge on any atom is 0.367 e. The first kappa shape index (κ1) is 10.3. The molecule has 5 heteroatoms. The lowest BCUT2D eigenvalue weighted by Crippen LogP contribution is -2.17. The van der Waals surface area contributed by atoms with E-state index in [0.717, 1.165) is 0 Å². The lowest BCUT2D eigenvalue weighted by molar-refractivity contribution is -0.136. The summed E-state index contributed by atoms with van der Waals surface area (Å²) in [6.45, 7) is 1.70. The first-order chi connectivity index (χ1) is 5.11. The van der Waals surface area contributed by atoms with Crippen LogP contribution in [0.4, 0.5) is 4.79 Å². The smallest absolute Gasteiger partial charge is 0.367 e. The van der Waals surface area contributed by atoms with Crippen LogP contribution in [0.15, 0.2) is 0 Å². The third-order valence-electron chi connectivity index (χ3n) is 1.05. The third kappa shape index (κ3) is 3.87. The first-order valence-electron chi connectivity index (χ1n) is 3.09. The highest BCUT2D eigenvalue weighted by Gasteiger charge is 2.19. The van der Waals surface area contributed by atoms with Crippen LogP contribution < -0.4 is 0 Å². The Hall–Kier alpha value is -0.710. The predicted octanol–water partition coefficient (Wildman–Crippen LogP) is 1.35. The van der Waals surface area contributed by atoms with Crippen molar-refractivity contribution in [3.05, 3.63) is 0 Å². The first-order valence-corrected chi connectivity index (χ1v) is 3.97. The van der Waals surface area contributed by atoms with Crippen LogP contribution in [0.2, 0.25) is 0 Å². The SMILES string of the molecule is CCC(SC(=O)OC)C(=O)O. The fraction of sp³-hybridized carbons (Fsp3) is 0.667. The molecular weight excluding hydrogens is 168 g/mol. The fourth-order valence-electron chi connectivity index (χ4n) is 0.473. The van der Waals surface area contributed by atoms with Crippen LogP contribution in [0, 0.1) is 0 Å². The van der Waals surface area contributed by atoms with Crippen LogP contribution in [0.1, 0.15) is 13.3 Å². The standard InChI is InChI=1S/C6H10O4S/c1-3-4(5(7)8)11-6(9)10-2/h4H,3H2,1-2H3,(H,7,8). The second-order valence-corrected chi connectivity index (χ2v) is 2.95. The number of hydrogen-bond donors (Lipinski definition) is 1. The topological polar surface area (TPSA) is 63.6 Å². The molecular formula is C6H10O4S. The highest BCUT2D eigenvalue weighted by atomic mass is 32.2. The van der Waals surface area contributed by atoms with Crippen molar-refractivity contribution in [1.82, 2.24) is 0 Å². The van der Waals surface area contributed by atoms with E-state index >= 15 is 0 Å². The second kappa shape index (κ2) is 5.01. The number of aliphatic carboxylic acids is 1. The Labute approximate surface area is 68.9 Å². The minimum Gasteiger partial charge on any atom is -0.480 e. The molecule has 0 aliphatic heterocycles. The fourth-order valence-corrected chi connectivity index (χ4v) is 1.07. The van der Waals surface area contributed by atoms with Crippen LogP contribution in [-0.2, 0) is 9.53 Å². The molecule has 0 aromatic rings. The van der Waals surface area contributed by atoms with Crippen molar-refractivity contribution in [3.8, 4) is 0 Å². The third-order valence-corrected chi connectivity index (χ3v) is 2.23. The molecule has 1 N–H and O–H groups in total. The molecule has 1 atom stereocenters. The molecule has 0 spiro atoms. The van der Waals surface area contributed by atoms with E-state index in [4.69, 9.17) is 5.11 Å². The van der Waals surface area contributed by atoms with Crippen LogP contribution in [-0.4, -0.2) is 28.7 Å². The molecule has 0 aliphatic carbocycles. The lowest BCUT2D eigenvalue weighted by Gasteiger charge is -2.05. The molecule has 4 nitrogen and oxygen atoms in total. The van der Waals surface area contributed by atoms with Gasteiger partial charge in [-0.3, -0.25) is 4.79 Å². The van der Waals surface area contributed by atoms with Crippen molar-refractivity contribution in [2.45, 2.75) is 18.6 Å². The van der Waals surface area contributed by atoms with Gasteiger partial charge in [0.05, 0.1) is 7.11 Å². The largest absolute Gasteiger partial charge is 0.480 e. The molecule has 0 saturated heterocycles. The van der Waals surface area contributed by atoms with Gasteiger partial charge in [-0.15, -0.1) is 0 Å². The Kier molecular flexibility index (Phi) is 4.69. The molecule has 0 aromatic heterocycles. The highest BCUT2D eigenvalue weighted by molar-refractivity contribution is 8.14. The summed E-state index contributed by atoms with van der Waals surface area (Å²) < 4.78 is 4.29. The van der Waals surface area contributed by atoms with Gasteiger partial charge >= 0.3 is 11.3 Å². The molecule has 0 rings (SSSR count). The van der Waals surface area contributed by atoms with Crippen molar-refractivity contribution in [2.75, 3.05) is 7.11 Å². The van der Waals surface area contributed by atoms with Crippen molar-refractivity contribution in [1.29, 1.82) is 0 Å². The van der Waals surface area contributed by atoms with E-state index in [9.17, 15) is 9.59 Å². The number of hydrogen-bond acceptors (Lipinski definition) is 4. The van der Waals surface area contributed by atoms with Gasteiger partial charge in [0, 0.05) is 0 Å². The van der Waals surface area contributed by atoms with Gasteiger partial charge in [0.15, 0.2) is 0 Å². The molecule has 0 fully saturated rings. The average molecular weight is 178 g/mol. The van der Waals surface area contributed by atoms with Gasteiger partial charge in [-0.1, -0.05) is 6.92 Å². The van der Waals surface area contributed by atoms with Crippen LogP contribution in [0.25, 0.3) is 0 Å². The monoisotopic (exact) mass is 178 g/mol. The van der Waals surface area contributed by atoms with E-state index in [-0.39, 0.29) is 0 Å². The van der Waals surface area contributed by atoms with Crippen molar-refractivity contribution < 1.29 is 19.4 Å².